The van der Waals surface area contributed by atoms with E-state index in [9.17, 15) is 0 Å². The topological polar surface area (TPSA) is 73.5 Å². The van der Waals surface area contributed by atoms with Gasteiger partial charge in [-0.25, -0.2) is 0 Å². The van der Waals surface area contributed by atoms with Crippen molar-refractivity contribution in [3.63, 3.8) is 0 Å². The summed E-state index contributed by atoms with van der Waals surface area (Å²) in [6, 6.07) is 24.4. The van der Waals surface area contributed by atoms with Crippen molar-refractivity contribution < 1.29 is 14.7 Å². The smallest absolute Gasteiger partial charge is 0.512 e. The van der Waals surface area contributed by atoms with Crippen LogP contribution in [0.5, 0.6) is 5.75 Å². The molecule has 3 aromatic rings. The third kappa shape index (κ3) is 3.46. The Hall–Kier alpha value is -3.07. The summed E-state index contributed by atoms with van der Waals surface area (Å²) in [6.45, 7) is 0. The van der Waals surface area contributed by atoms with E-state index in [1.54, 1.807) is 18.2 Å². The van der Waals surface area contributed by atoms with Gasteiger partial charge in [-0.2, -0.15) is 5.26 Å². The van der Waals surface area contributed by atoms with Gasteiger partial charge < -0.3 is 14.7 Å². The quantitative estimate of drug-likeness (QED) is 0.725. The first kappa shape index (κ1) is 15.8. The van der Waals surface area contributed by atoms with Crippen molar-refractivity contribution in [2.24, 2.45) is 0 Å². The molecule has 3 aromatic carbocycles. The van der Waals surface area contributed by atoms with Gasteiger partial charge in [0.15, 0.2) is 0 Å². The molecule has 0 radical (unpaired) electrons. The predicted octanol–water partition coefficient (Wildman–Crippen LogP) is 3.24. The largest absolute Gasteiger partial charge is 0.707 e. The number of rotatable bonds is 4. The Morgan fingerprint density at radius 1 is 0.792 bits per heavy atom. The predicted molar refractivity (Wildman–Crippen MR) is 92.8 cm³/mol. The molecule has 0 aromatic heterocycles. The van der Waals surface area contributed by atoms with Gasteiger partial charge in [0.05, 0.1) is 11.6 Å². The molecule has 2 N–H and O–H groups in total. The highest BCUT2D eigenvalue weighted by Gasteiger charge is 2.16. The highest BCUT2D eigenvalue weighted by molar-refractivity contribution is 6.34. The van der Waals surface area contributed by atoms with Gasteiger partial charge in [-0.3, -0.25) is 0 Å². The monoisotopic (exact) mass is 315 g/mol. The second kappa shape index (κ2) is 7.01. The molecule has 0 fully saturated rings. The maximum Gasteiger partial charge on any atom is 0.707 e. The highest BCUT2D eigenvalue weighted by Crippen LogP contribution is 2.34. The molecule has 0 atom stereocenters. The summed E-state index contributed by atoms with van der Waals surface area (Å²) >= 11 is 0. The molecule has 24 heavy (non-hydrogen) atoms. The molecule has 116 valence electrons. The Morgan fingerprint density at radius 2 is 1.46 bits per heavy atom. The Balaban J connectivity index is 2.08. The van der Waals surface area contributed by atoms with Gasteiger partial charge in [0.1, 0.15) is 5.75 Å². The van der Waals surface area contributed by atoms with Gasteiger partial charge in [-0.1, -0.05) is 48.5 Å². The zero-order valence-corrected chi connectivity index (χ0v) is 12.8. The fraction of sp³-hybridized carbons (Fsp3) is 0. The van der Waals surface area contributed by atoms with Crippen molar-refractivity contribution in [2.45, 2.75) is 0 Å². The summed E-state index contributed by atoms with van der Waals surface area (Å²) in [5, 5.41) is 27.1. The van der Waals surface area contributed by atoms with Crippen molar-refractivity contribution in [2.75, 3.05) is 0 Å². The van der Waals surface area contributed by atoms with E-state index >= 15 is 0 Å². The average Bonchev–Trinajstić information content (AvgIpc) is 2.62. The van der Waals surface area contributed by atoms with Gasteiger partial charge >= 0.3 is 7.32 Å². The van der Waals surface area contributed by atoms with E-state index in [1.807, 2.05) is 54.6 Å². The average molecular weight is 315 g/mol. The Morgan fingerprint density at radius 3 is 2.08 bits per heavy atom. The standard InChI is InChI=1S/C19H14BNO3/c21-13-14-6-8-15(9-7-14)17-10-11-19(24-20(22)23)18(12-17)16-4-2-1-3-5-16/h1-12,22-23H. The molecular weight excluding hydrogens is 301 g/mol. The molecule has 0 aliphatic rings. The highest BCUT2D eigenvalue weighted by atomic mass is 16.6. The molecule has 3 rings (SSSR count). The van der Waals surface area contributed by atoms with Crippen LogP contribution in [-0.2, 0) is 0 Å². The second-order valence-corrected chi connectivity index (χ2v) is 5.21. The van der Waals surface area contributed by atoms with Crippen molar-refractivity contribution in [1.29, 1.82) is 5.26 Å². The van der Waals surface area contributed by atoms with Crippen LogP contribution in [0.1, 0.15) is 5.56 Å². The Bertz CT molecular complexity index is 871. The number of nitrogens with zero attached hydrogens (tertiary/aromatic N) is 1. The van der Waals surface area contributed by atoms with Crippen LogP contribution in [0.4, 0.5) is 0 Å². The fourth-order valence-corrected chi connectivity index (χ4v) is 2.51. The van der Waals surface area contributed by atoms with E-state index in [0.29, 0.717) is 11.3 Å². The molecule has 5 heteroatoms. The normalized spacial score (nSPS) is 10.0. The summed E-state index contributed by atoms with van der Waals surface area (Å²) in [5.74, 6) is 0.383. The summed E-state index contributed by atoms with van der Waals surface area (Å²) in [7, 11) is -1.88. The zero-order chi connectivity index (χ0) is 16.9. The van der Waals surface area contributed by atoms with Gasteiger partial charge in [0.2, 0.25) is 0 Å². The van der Waals surface area contributed by atoms with Crippen molar-refractivity contribution in [3.8, 4) is 34.1 Å². The first-order valence-electron chi connectivity index (χ1n) is 7.40. The van der Waals surface area contributed by atoms with Gasteiger partial charge in [0.25, 0.3) is 0 Å². The molecular formula is C19H14BNO3. The molecule has 0 aliphatic heterocycles. The van der Waals surface area contributed by atoms with Crippen LogP contribution in [-0.4, -0.2) is 17.4 Å². The maximum absolute atomic E-state index is 9.12. The van der Waals surface area contributed by atoms with Crippen molar-refractivity contribution >= 4 is 7.32 Å². The van der Waals surface area contributed by atoms with Crippen LogP contribution in [0, 0.1) is 11.3 Å². The third-order valence-electron chi connectivity index (χ3n) is 3.64. The molecule has 0 saturated heterocycles. The lowest BCUT2D eigenvalue weighted by molar-refractivity contribution is 0.288. The first-order chi connectivity index (χ1) is 11.7. The molecule has 0 amide bonds. The molecule has 0 aliphatic carbocycles. The minimum absolute atomic E-state index is 0.383. The first-order valence-corrected chi connectivity index (χ1v) is 7.40. The third-order valence-corrected chi connectivity index (χ3v) is 3.64. The van der Waals surface area contributed by atoms with E-state index in [-0.39, 0.29) is 0 Å². The van der Waals surface area contributed by atoms with E-state index in [0.717, 1.165) is 22.3 Å². The lowest BCUT2D eigenvalue weighted by Gasteiger charge is -2.13. The summed E-state index contributed by atoms with van der Waals surface area (Å²) in [6.07, 6.45) is 0. The van der Waals surface area contributed by atoms with Gasteiger partial charge in [-0.05, 0) is 41.0 Å². The van der Waals surface area contributed by atoms with E-state index < -0.39 is 7.32 Å². The van der Waals surface area contributed by atoms with Crippen molar-refractivity contribution in [1.82, 2.24) is 0 Å². The molecule has 4 nitrogen and oxygen atoms in total. The van der Waals surface area contributed by atoms with Crippen molar-refractivity contribution in [3.05, 3.63) is 78.4 Å². The number of nitriles is 1. The van der Waals surface area contributed by atoms with E-state index in [4.69, 9.17) is 20.0 Å². The van der Waals surface area contributed by atoms with Crippen LogP contribution < -0.4 is 4.65 Å². The Kier molecular flexibility index (Phi) is 4.62. The van der Waals surface area contributed by atoms with Crippen LogP contribution in [0.3, 0.4) is 0 Å². The molecule has 0 unspecified atom stereocenters. The SMILES string of the molecule is N#Cc1ccc(-c2ccc(OB(O)O)c(-c3ccccc3)c2)cc1. The summed E-state index contributed by atoms with van der Waals surface area (Å²) in [4.78, 5) is 0. The minimum Gasteiger partial charge on any atom is -0.512 e. The number of hydrogen-bond acceptors (Lipinski definition) is 4. The summed E-state index contributed by atoms with van der Waals surface area (Å²) < 4.78 is 5.10. The van der Waals surface area contributed by atoms with Gasteiger partial charge in [-0.15, -0.1) is 0 Å². The van der Waals surface area contributed by atoms with Gasteiger partial charge in [0, 0.05) is 5.56 Å². The lowest BCUT2D eigenvalue weighted by Crippen LogP contribution is -2.20. The minimum atomic E-state index is -1.88. The fourth-order valence-electron chi connectivity index (χ4n) is 2.51. The van der Waals surface area contributed by atoms with Crippen LogP contribution in [0.15, 0.2) is 72.8 Å². The van der Waals surface area contributed by atoms with Crippen LogP contribution in [0.2, 0.25) is 0 Å². The molecule has 0 spiro atoms. The van der Waals surface area contributed by atoms with E-state index in [1.165, 1.54) is 0 Å². The zero-order valence-electron chi connectivity index (χ0n) is 12.8. The van der Waals surface area contributed by atoms with E-state index in [2.05, 4.69) is 6.07 Å². The van der Waals surface area contributed by atoms with Crippen LogP contribution >= 0.6 is 0 Å². The van der Waals surface area contributed by atoms with Crippen LogP contribution in [0.25, 0.3) is 22.3 Å². The number of benzene rings is 3. The molecule has 0 saturated carbocycles. The molecule has 0 bridgehead atoms. The lowest BCUT2D eigenvalue weighted by atomic mass is 9.97. The number of hydrogen-bond donors (Lipinski definition) is 2. The second-order valence-electron chi connectivity index (χ2n) is 5.21. The summed E-state index contributed by atoms with van der Waals surface area (Å²) in [5.41, 5.74) is 4.17. The Labute approximate surface area is 140 Å². The maximum atomic E-state index is 9.12. The molecule has 0 heterocycles.